The van der Waals surface area contributed by atoms with Crippen LogP contribution in [0.25, 0.3) is 22.0 Å². The highest BCUT2D eigenvalue weighted by atomic mass is 19.2. The number of fused-ring (bicyclic) bond motifs is 1. The van der Waals surface area contributed by atoms with E-state index in [0.29, 0.717) is 24.2 Å². The van der Waals surface area contributed by atoms with Gasteiger partial charge in [0.15, 0.2) is 11.6 Å². The minimum absolute atomic E-state index is 0.116. The first-order valence-corrected chi connectivity index (χ1v) is 12.8. The fraction of sp³-hybridized carbons (Fsp3) is 0.219. The summed E-state index contributed by atoms with van der Waals surface area (Å²) in [6.07, 6.45) is 8.71. The van der Waals surface area contributed by atoms with Gasteiger partial charge in [0.05, 0.1) is 29.8 Å². The largest absolute Gasteiger partial charge is 0.497 e. The quantitative estimate of drug-likeness (QED) is 0.252. The van der Waals surface area contributed by atoms with Crippen molar-refractivity contribution in [1.29, 1.82) is 5.26 Å². The lowest BCUT2D eigenvalue weighted by molar-refractivity contribution is 0.414. The summed E-state index contributed by atoms with van der Waals surface area (Å²) >= 11 is 0. The van der Waals surface area contributed by atoms with Crippen molar-refractivity contribution in [3.63, 3.8) is 0 Å². The minimum atomic E-state index is -0.943. The second-order valence-corrected chi connectivity index (χ2v) is 10.3. The van der Waals surface area contributed by atoms with E-state index in [4.69, 9.17) is 4.74 Å². The lowest BCUT2D eigenvalue weighted by Gasteiger charge is -2.27. The highest BCUT2D eigenvalue weighted by Crippen LogP contribution is 2.34. The van der Waals surface area contributed by atoms with E-state index in [2.05, 4.69) is 16.0 Å². The molecule has 0 bridgehead atoms. The highest BCUT2D eigenvalue weighted by Gasteiger charge is 2.24. The van der Waals surface area contributed by atoms with Gasteiger partial charge in [-0.25, -0.2) is 13.8 Å². The Kier molecular flexibility index (Phi) is 7.22. The third-order valence-electron chi connectivity index (χ3n) is 7.12. The first kappa shape index (κ1) is 26.8. The van der Waals surface area contributed by atoms with Crippen molar-refractivity contribution in [2.45, 2.75) is 20.4 Å². The molecule has 0 saturated carbocycles. The number of benzene rings is 2. The van der Waals surface area contributed by atoms with Crippen molar-refractivity contribution in [3.05, 3.63) is 102 Å². The topological polar surface area (TPSA) is 65.3 Å². The van der Waals surface area contributed by atoms with Crippen LogP contribution in [0.15, 0.2) is 84.8 Å². The molecule has 4 aromatic rings. The van der Waals surface area contributed by atoms with E-state index in [1.165, 1.54) is 6.07 Å². The van der Waals surface area contributed by atoms with Gasteiger partial charge in [0.1, 0.15) is 11.6 Å². The molecule has 5 rings (SSSR count). The van der Waals surface area contributed by atoms with Gasteiger partial charge in [-0.05, 0) is 67.0 Å². The van der Waals surface area contributed by atoms with E-state index in [-0.39, 0.29) is 5.69 Å². The van der Waals surface area contributed by atoms with Crippen LogP contribution in [0.1, 0.15) is 19.4 Å². The van der Waals surface area contributed by atoms with Gasteiger partial charge in [0.25, 0.3) is 0 Å². The lowest BCUT2D eigenvalue weighted by Crippen LogP contribution is -2.23. The van der Waals surface area contributed by atoms with E-state index in [0.717, 1.165) is 33.6 Å². The van der Waals surface area contributed by atoms with Crippen molar-refractivity contribution in [2.75, 3.05) is 30.5 Å². The molecule has 2 aromatic heterocycles. The molecule has 0 saturated heterocycles. The molecule has 1 aliphatic rings. The predicted molar refractivity (Wildman–Crippen MR) is 154 cm³/mol. The Bertz CT molecular complexity index is 1670. The third-order valence-corrected chi connectivity index (χ3v) is 7.12. The zero-order chi connectivity index (χ0) is 28.4. The first-order valence-electron chi connectivity index (χ1n) is 12.8. The summed E-state index contributed by atoms with van der Waals surface area (Å²) in [6.45, 7) is 4.63. The van der Waals surface area contributed by atoms with Crippen molar-refractivity contribution < 1.29 is 13.5 Å². The Morgan fingerprint density at radius 3 is 2.50 bits per heavy atom. The molecule has 3 heterocycles. The highest BCUT2D eigenvalue weighted by molar-refractivity contribution is 5.85. The summed E-state index contributed by atoms with van der Waals surface area (Å²) in [4.78, 5) is 12.9. The number of hydrogen-bond donors (Lipinski definition) is 0. The van der Waals surface area contributed by atoms with E-state index in [1.807, 2.05) is 68.3 Å². The van der Waals surface area contributed by atoms with Crippen LogP contribution in [-0.2, 0) is 6.54 Å². The third kappa shape index (κ3) is 5.36. The smallest absolute Gasteiger partial charge is 0.182 e. The Morgan fingerprint density at radius 1 is 1.05 bits per heavy atom. The number of nitrogens with zero attached hydrogens (tertiary/aromatic N) is 5. The molecule has 0 aliphatic carbocycles. The van der Waals surface area contributed by atoms with Crippen LogP contribution >= 0.6 is 0 Å². The summed E-state index contributed by atoms with van der Waals surface area (Å²) < 4.78 is 34.9. The summed E-state index contributed by atoms with van der Waals surface area (Å²) in [6, 6.07) is 16.7. The molecule has 0 radical (unpaired) electrons. The number of ether oxygens (including phenoxy) is 1. The maximum absolute atomic E-state index is 14.9. The van der Waals surface area contributed by atoms with Gasteiger partial charge in [-0.15, -0.1) is 0 Å². The van der Waals surface area contributed by atoms with Crippen molar-refractivity contribution in [1.82, 2.24) is 9.97 Å². The Balaban J connectivity index is 1.39. The number of rotatable bonds is 7. The zero-order valence-corrected chi connectivity index (χ0v) is 22.8. The fourth-order valence-electron chi connectivity index (χ4n) is 4.62. The second kappa shape index (κ2) is 10.8. The van der Waals surface area contributed by atoms with Gasteiger partial charge in [-0.3, -0.25) is 4.98 Å². The maximum Gasteiger partial charge on any atom is 0.182 e. The molecule has 0 N–H and O–H groups in total. The molecule has 40 heavy (non-hydrogen) atoms. The SMILES string of the molecule is COc1ccc(CN(C)c2cc3ncc(-c4cc(F)c(F)c(N5C=CC(C(C)(C)C#N)=CC5)c4)cc3cn2)cc1. The van der Waals surface area contributed by atoms with E-state index in [9.17, 15) is 14.0 Å². The Hall–Kier alpha value is -4.77. The van der Waals surface area contributed by atoms with Crippen LogP contribution in [0.4, 0.5) is 20.3 Å². The summed E-state index contributed by atoms with van der Waals surface area (Å²) in [5.41, 5.74) is 3.31. The molecular formula is C32H29F2N5O. The number of nitriles is 1. The molecule has 6 nitrogen and oxygen atoms in total. The number of allylic oxidation sites excluding steroid dienone is 2. The summed E-state index contributed by atoms with van der Waals surface area (Å²) in [7, 11) is 3.60. The molecule has 1 aliphatic heterocycles. The molecule has 0 amide bonds. The van der Waals surface area contributed by atoms with Gasteiger partial charge in [0, 0.05) is 55.7 Å². The number of anilines is 2. The van der Waals surface area contributed by atoms with Crippen LogP contribution in [0.2, 0.25) is 0 Å². The van der Waals surface area contributed by atoms with Gasteiger partial charge < -0.3 is 14.5 Å². The average molecular weight is 538 g/mol. The van der Waals surface area contributed by atoms with Crippen molar-refractivity contribution in [3.8, 4) is 22.9 Å². The van der Waals surface area contributed by atoms with E-state index in [1.54, 1.807) is 42.7 Å². The van der Waals surface area contributed by atoms with E-state index >= 15 is 0 Å². The van der Waals surface area contributed by atoms with Gasteiger partial charge in [-0.2, -0.15) is 5.26 Å². The van der Waals surface area contributed by atoms with Crippen molar-refractivity contribution in [2.24, 2.45) is 5.41 Å². The van der Waals surface area contributed by atoms with Crippen LogP contribution in [0.3, 0.4) is 0 Å². The monoisotopic (exact) mass is 537 g/mol. The van der Waals surface area contributed by atoms with E-state index < -0.39 is 17.0 Å². The zero-order valence-electron chi connectivity index (χ0n) is 22.8. The van der Waals surface area contributed by atoms with Crippen LogP contribution in [-0.4, -0.2) is 30.7 Å². The molecule has 8 heteroatoms. The minimum Gasteiger partial charge on any atom is -0.497 e. The molecule has 0 unspecified atom stereocenters. The number of pyridine rings is 2. The van der Waals surface area contributed by atoms with Gasteiger partial charge in [-0.1, -0.05) is 18.2 Å². The Morgan fingerprint density at radius 2 is 1.82 bits per heavy atom. The van der Waals surface area contributed by atoms with Crippen LogP contribution in [0, 0.1) is 28.4 Å². The van der Waals surface area contributed by atoms with Gasteiger partial charge in [0.2, 0.25) is 0 Å². The molecule has 0 spiro atoms. The second-order valence-electron chi connectivity index (χ2n) is 10.3. The number of methoxy groups -OCH3 is 1. The predicted octanol–water partition coefficient (Wildman–Crippen LogP) is 7.03. The molecule has 2 aromatic carbocycles. The lowest BCUT2D eigenvalue weighted by atomic mass is 9.84. The fourth-order valence-corrected chi connectivity index (χ4v) is 4.62. The average Bonchev–Trinajstić information content (AvgIpc) is 2.98. The van der Waals surface area contributed by atoms with Crippen LogP contribution in [0.5, 0.6) is 5.75 Å². The molecular weight excluding hydrogens is 508 g/mol. The molecule has 202 valence electrons. The normalized spacial score (nSPS) is 13.2. The maximum atomic E-state index is 14.9. The summed E-state index contributed by atoms with van der Waals surface area (Å²) in [5, 5.41) is 10.2. The van der Waals surface area contributed by atoms with Crippen molar-refractivity contribution >= 4 is 22.4 Å². The number of halogens is 2. The molecule has 0 fully saturated rings. The van der Waals surface area contributed by atoms with Crippen LogP contribution < -0.4 is 14.5 Å². The number of hydrogen-bond acceptors (Lipinski definition) is 6. The molecule has 0 atom stereocenters. The van der Waals surface area contributed by atoms with Gasteiger partial charge >= 0.3 is 0 Å². The standard InChI is InChI=1S/C32H29F2N5O/c1-32(2,20-35)25-9-11-39(12-10-25)29-15-22(14-27(33)31(29)34)23-13-24-18-37-30(16-28(24)36-17-23)38(3)19-21-5-7-26(40-4)8-6-21/h5-11,13-18H,12,19H2,1-4H3. The first-order chi connectivity index (χ1) is 19.2. The summed E-state index contributed by atoms with van der Waals surface area (Å²) in [5.74, 6) is -0.296. The number of aromatic nitrogens is 2. The Labute approximate surface area is 232 Å².